The summed E-state index contributed by atoms with van der Waals surface area (Å²) in [7, 11) is 0. The van der Waals surface area contributed by atoms with Gasteiger partial charge in [0, 0.05) is 5.56 Å². The second-order valence-electron chi connectivity index (χ2n) is 8.27. The zero-order chi connectivity index (χ0) is 20.9. The Bertz CT molecular complexity index is 876. The topological polar surface area (TPSA) is 80.8 Å². The molecule has 3 aliphatic rings. The van der Waals surface area contributed by atoms with Gasteiger partial charge in [-0.15, -0.1) is 0 Å². The van der Waals surface area contributed by atoms with E-state index in [0.29, 0.717) is 0 Å². The summed E-state index contributed by atoms with van der Waals surface area (Å²) < 4.78 is 18.2. The van der Waals surface area contributed by atoms with Gasteiger partial charge in [-0.2, -0.15) is 0 Å². The number of allylic oxidation sites excluding steroid dienone is 2. The number of hydrogen-bond acceptors (Lipinski definition) is 5. The van der Waals surface area contributed by atoms with E-state index in [9.17, 15) is 23.6 Å². The first-order chi connectivity index (χ1) is 13.8. The number of likely N-dealkylation sites (tertiary alicyclic amines) is 1. The molecule has 1 heterocycles. The Balaban J connectivity index is 1.47. The van der Waals surface area contributed by atoms with E-state index >= 15 is 0 Å². The largest absolute Gasteiger partial charge is 0.456 e. The van der Waals surface area contributed by atoms with E-state index in [4.69, 9.17) is 4.74 Å². The fourth-order valence-electron chi connectivity index (χ4n) is 4.82. The van der Waals surface area contributed by atoms with Crippen molar-refractivity contribution in [2.24, 2.45) is 29.6 Å². The maximum atomic E-state index is 13.0. The zero-order valence-electron chi connectivity index (χ0n) is 16.2. The van der Waals surface area contributed by atoms with Gasteiger partial charge in [0.05, 0.1) is 11.8 Å². The third-order valence-electron chi connectivity index (χ3n) is 6.17. The van der Waals surface area contributed by atoms with E-state index in [2.05, 4.69) is 0 Å². The van der Waals surface area contributed by atoms with Crippen LogP contribution in [0.4, 0.5) is 4.39 Å². The minimum absolute atomic E-state index is 0.0512. The lowest BCUT2D eigenvalue weighted by molar-refractivity contribution is -0.160. The molecule has 2 amide bonds. The van der Waals surface area contributed by atoms with Crippen LogP contribution in [0.2, 0.25) is 0 Å². The molecule has 0 aromatic heterocycles. The Morgan fingerprint density at radius 3 is 2.14 bits per heavy atom. The van der Waals surface area contributed by atoms with Crippen LogP contribution in [0, 0.1) is 35.4 Å². The maximum absolute atomic E-state index is 13.0. The number of halogens is 1. The van der Waals surface area contributed by atoms with E-state index in [1.807, 2.05) is 12.2 Å². The van der Waals surface area contributed by atoms with Crippen molar-refractivity contribution in [2.75, 3.05) is 6.61 Å². The molecule has 5 atom stereocenters. The molecule has 29 heavy (non-hydrogen) atoms. The van der Waals surface area contributed by atoms with Crippen LogP contribution < -0.4 is 0 Å². The summed E-state index contributed by atoms with van der Waals surface area (Å²) in [6.07, 6.45) is 4.79. The molecule has 0 unspecified atom stereocenters. The number of ketones is 1. The van der Waals surface area contributed by atoms with Gasteiger partial charge >= 0.3 is 5.97 Å². The summed E-state index contributed by atoms with van der Waals surface area (Å²) in [6, 6.07) is 3.84. The lowest BCUT2D eigenvalue weighted by Crippen LogP contribution is -2.50. The Morgan fingerprint density at radius 2 is 1.62 bits per heavy atom. The third kappa shape index (κ3) is 3.18. The number of rotatable bonds is 6. The molecule has 152 valence electrons. The van der Waals surface area contributed by atoms with E-state index in [1.54, 1.807) is 13.8 Å². The molecule has 6 nitrogen and oxygen atoms in total. The monoisotopic (exact) mass is 399 g/mol. The smallest absolute Gasteiger partial charge is 0.330 e. The Morgan fingerprint density at radius 1 is 1.07 bits per heavy atom. The lowest BCUT2D eigenvalue weighted by Gasteiger charge is -2.28. The Kier molecular flexibility index (Phi) is 4.84. The van der Waals surface area contributed by atoms with Gasteiger partial charge in [0.1, 0.15) is 11.9 Å². The van der Waals surface area contributed by atoms with Crippen molar-refractivity contribution < 1.29 is 28.3 Å². The number of ether oxygens (including phenoxy) is 1. The number of benzene rings is 1. The molecule has 1 aromatic rings. The van der Waals surface area contributed by atoms with E-state index < -0.39 is 42.1 Å². The number of carbonyl (C=O) groups is 4. The second-order valence-corrected chi connectivity index (χ2v) is 8.27. The summed E-state index contributed by atoms with van der Waals surface area (Å²) in [5.74, 6) is -3.43. The Labute approximate surface area is 167 Å². The molecule has 2 fully saturated rings. The lowest BCUT2D eigenvalue weighted by atomic mass is 9.85. The molecule has 0 radical (unpaired) electrons. The number of carbonyl (C=O) groups excluding carboxylic acids is 4. The maximum Gasteiger partial charge on any atom is 0.330 e. The molecule has 1 saturated heterocycles. The summed E-state index contributed by atoms with van der Waals surface area (Å²) >= 11 is 0. The highest BCUT2D eigenvalue weighted by atomic mass is 19.1. The average molecular weight is 399 g/mol. The first-order valence-corrected chi connectivity index (χ1v) is 9.80. The van der Waals surface area contributed by atoms with Crippen LogP contribution in [0.3, 0.4) is 0 Å². The normalized spacial score (nSPS) is 28.2. The van der Waals surface area contributed by atoms with Crippen LogP contribution in [0.1, 0.15) is 30.6 Å². The molecule has 2 aliphatic carbocycles. The molecular weight excluding hydrogens is 377 g/mol. The van der Waals surface area contributed by atoms with Crippen molar-refractivity contribution in [1.29, 1.82) is 0 Å². The predicted octanol–water partition coefficient (Wildman–Crippen LogP) is 2.38. The van der Waals surface area contributed by atoms with Gasteiger partial charge in [-0.1, -0.05) is 26.0 Å². The number of Topliss-reactive ketones (excluding diaryl/α,β-unsaturated/α-hetero) is 1. The number of esters is 1. The number of fused-ring (bicyclic) bond motifs is 5. The standard InChI is InChI=1S/C22H22FNO5/c1-11(2)19(22(28)29-10-16(25)12-5-7-15(23)8-6-12)24-20(26)17-13-3-4-14(9-13)18(17)21(24)27/h3-8,11,13-14,17-19H,9-10H2,1-2H3/t13-,14-,17-,18-,19-/m0/s1. The van der Waals surface area contributed by atoms with E-state index in [1.165, 1.54) is 12.1 Å². The second kappa shape index (κ2) is 7.21. The highest BCUT2D eigenvalue weighted by molar-refractivity contribution is 6.09. The summed E-state index contributed by atoms with van der Waals surface area (Å²) in [4.78, 5) is 52.0. The first-order valence-electron chi connectivity index (χ1n) is 9.80. The predicted molar refractivity (Wildman–Crippen MR) is 99.9 cm³/mol. The zero-order valence-corrected chi connectivity index (χ0v) is 16.2. The van der Waals surface area contributed by atoms with Crippen LogP contribution in [0.25, 0.3) is 0 Å². The van der Waals surface area contributed by atoms with Crippen LogP contribution in [0.5, 0.6) is 0 Å². The molecule has 4 rings (SSSR count). The summed E-state index contributed by atoms with van der Waals surface area (Å²) in [5.41, 5.74) is 0.214. The summed E-state index contributed by atoms with van der Waals surface area (Å²) in [5, 5.41) is 0. The van der Waals surface area contributed by atoms with Gasteiger partial charge in [0.25, 0.3) is 0 Å². The number of nitrogens with zero attached hydrogens (tertiary/aromatic N) is 1. The van der Waals surface area contributed by atoms with Crippen molar-refractivity contribution in [2.45, 2.75) is 26.3 Å². The molecule has 1 aliphatic heterocycles. The van der Waals surface area contributed by atoms with Crippen LogP contribution in [-0.2, 0) is 19.1 Å². The number of amides is 2. The van der Waals surface area contributed by atoms with Crippen molar-refractivity contribution >= 4 is 23.6 Å². The van der Waals surface area contributed by atoms with Gasteiger partial charge in [0.15, 0.2) is 12.4 Å². The molecule has 1 saturated carbocycles. The third-order valence-corrected chi connectivity index (χ3v) is 6.17. The number of imide groups is 1. The fourth-order valence-corrected chi connectivity index (χ4v) is 4.82. The van der Waals surface area contributed by atoms with E-state index in [0.717, 1.165) is 23.5 Å². The molecule has 2 bridgehead atoms. The van der Waals surface area contributed by atoms with Crippen LogP contribution >= 0.6 is 0 Å². The number of hydrogen-bond donors (Lipinski definition) is 0. The molecule has 0 spiro atoms. The summed E-state index contributed by atoms with van der Waals surface area (Å²) in [6.45, 7) is 2.92. The minimum atomic E-state index is -1.07. The van der Waals surface area contributed by atoms with Crippen molar-refractivity contribution in [3.8, 4) is 0 Å². The SMILES string of the molecule is CC(C)[C@@H](C(=O)OCC(=O)c1ccc(F)cc1)N1C(=O)[C@@H]2[C@@H](C1=O)[C@H]1C=C[C@H]2C1. The van der Waals surface area contributed by atoms with Crippen molar-refractivity contribution in [1.82, 2.24) is 4.90 Å². The first kappa shape index (κ1) is 19.5. The molecule has 0 N–H and O–H groups in total. The van der Waals surface area contributed by atoms with Crippen LogP contribution in [-0.4, -0.2) is 41.1 Å². The fraction of sp³-hybridized carbons (Fsp3) is 0.455. The average Bonchev–Trinajstić information content (AvgIpc) is 3.36. The van der Waals surface area contributed by atoms with Crippen molar-refractivity contribution in [3.63, 3.8) is 0 Å². The molecule has 1 aromatic carbocycles. The van der Waals surface area contributed by atoms with Gasteiger partial charge in [0.2, 0.25) is 11.8 Å². The van der Waals surface area contributed by atoms with Crippen LogP contribution in [0.15, 0.2) is 36.4 Å². The quantitative estimate of drug-likeness (QED) is 0.318. The molecule has 7 heteroatoms. The Hall–Kier alpha value is -2.83. The van der Waals surface area contributed by atoms with Gasteiger partial charge < -0.3 is 4.74 Å². The van der Waals surface area contributed by atoms with Crippen molar-refractivity contribution in [3.05, 3.63) is 47.8 Å². The highest BCUT2D eigenvalue weighted by Gasteiger charge is 2.61. The van der Waals surface area contributed by atoms with E-state index in [-0.39, 0.29) is 35.1 Å². The van der Waals surface area contributed by atoms with Gasteiger partial charge in [-0.3, -0.25) is 19.3 Å². The van der Waals surface area contributed by atoms with Gasteiger partial charge in [-0.05, 0) is 48.4 Å². The minimum Gasteiger partial charge on any atom is -0.456 e. The molecular formula is C22H22FNO5. The highest BCUT2D eigenvalue weighted by Crippen LogP contribution is 2.53. The van der Waals surface area contributed by atoms with Gasteiger partial charge in [-0.25, -0.2) is 9.18 Å².